The zero-order valence-electron chi connectivity index (χ0n) is 10.7. The highest BCUT2D eigenvalue weighted by Crippen LogP contribution is 2.25. The molecule has 1 N–H and O–H groups in total. The van der Waals surface area contributed by atoms with Crippen molar-refractivity contribution in [1.29, 1.82) is 0 Å². The molecule has 1 nitrogen and oxygen atoms in total. The van der Waals surface area contributed by atoms with Crippen LogP contribution < -0.4 is 5.32 Å². The molecule has 0 aliphatic rings. The lowest BCUT2D eigenvalue weighted by Crippen LogP contribution is -2.26. The summed E-state index contributed by atoms with van der Waals surface area (Å²) >= 11 is 3.55. The van der Waals surface area contributed by atoms with Gasteiger partial charge in [-0.1, -0.05) is 48.8 Å². The van der Waals surface area contributed by atoms with Crippen molar-refractivity contribution in [2.24, 2.45) is 5.92 Å². The van der Waals surface area contributed by atoms with Crippen LogP contribution in [0.4, 0.5) is 0 Å². The maximum absolute atomic E-state index is 3.62. The summed E-state index contributed by atoms with van der Waals surface area (Å²) < 4.78 is 1.19. The van der Waals surface area contributed by atoms with Gasteiger partial charge in [0.25, 0.3) is 0 Å². The maximum Gasteiger partial charge on any atom is 0.0343 e. The number of rotatable bonds is 5. The average Bonchev–Trinajstić information content (AvgIpc) is 2.23. The second-order valence-electron chi connectivity index (χ2n) is 4.68. The van der Waals surface area contributed by atoms with Crippen molar-refractivity contribution >= 4 is 15.9 Å². The molecule has 2 heteroatoms. The number of nitrogens with one attached hydrogen (secondary N) is 1. The van der Waals surface area contributed by atoms with Gasteiger partial charge in [-0.3, -0.25) is 0 Å². The van der Waals surface area contributed by atoms with Crippen LogP contribution in [0.25, 0.3) is 0 Å². The lowest BCUT2D eigenvalue weighted by molar-refractivity contribution is 0.412. The first-order valence-electron chi connectivity index (χ1n) is 6.05. The molecule has 90 valence electrons. The molecule has 0 saturated carbocycles. The molecule has 1 rings (SSSR count). The average molecular weight is 284 g/mol. The van der Waals surface area contributed by atoms with E-state index in [0.29, 0.717) is 12.0 Å². The van der Waals surface area contributed by atoms with Gasteiger partial charge < -0.3 is 5.32 Å². The predicted molar refractivity (Wildman–Crippen MR) is 74.8 cm³/mol. The van der Waals surface area contributed by atoms with E-state index < -0.39 is 0 Å². The van der Waals surface area contributed by atoms with Gasteiger partial charge in [0.15, 0.2) is 0 Å². The topological polar surface area (TPSA) is 12.0 Å². The first-order valence-corrected chi connectivity index (χ1v) is 6.85. The predicted octanol–water partition coefficient (Wildman–Crippen LogP) is 4.45. The van der Waals surface area contributed by atoms with E-state index >= 15 is 0 Å². The van der Waals surface area contributed by atoms with Gasteiger partial charge in [0.2, 0.25) is 0 Å². The molecule has 0 spiro atoms. The Labute approximate surface area is 108 Å². The van der Waals surface area contributed by atoms with Crippen LogP contribution in [0.5, 0.6) is 0 Å². The van der Waals surface area contributed by atoms with Gasteiger partial charge in [-0.15, -0.1) is 0 Å². The Kier molecular flexibility index (Phi) is 5.50. The molecule has 0 bridgehead atoms. The third kappa shape index (κ3) is 3.60. The third-order valence-electron chi connectivity index (χ3n) is 2.82. The fourth-order valence-corrected chi connectivity index (χ4v) is 2.15. The standard InChI is InChI=1S/C14H22BrN/c1-5-8-16-14(10(2)3)12-6-7-13(15)11(4)9-12/h6-7,9-10,14,16H,5,8H2,1-4H3. The number of hydrogen-bond acceptors (Lipinski definition) is 1. The first kappa shape index (κ1) is 13.7. The molecule has 0 aromatic heterocycles. The minimum Gasteiger partial charge on any atom is -0.310 e. The molecule has 1 atom stereocenters. The van der Waals surface area contributed by atoms with Crippen molar-refractivity contribution in [3.8, 4) is 0 Å². The van der Waals surface area contributed by atoms with Crippen LogP contribution in [0.1, 0.15) is 44.4 Å². The highest BCUT2D eigenvalue weighted by atomic mass is 79.9. The van der Waals surface area contributed by atoms with E-state index in [2.05, 4.69) is 67.1 Å². The van der Waals surface area contributed by atoms with Gasteiger partial charge in [-0.05, 0) is 43.0 Å². The lowest BCUT2D eigenvalue weighted by Gasteiger charge is -2.23. The van der Waals surface area contributed by atoms with Crippen LogP contribution in [0.15, 0.2) is 22.7 Å². The van der Waals surface area contributed by atoms with E-state index in [0.717, 1.165) is 6.54 Å². The molecule has 16 heavy (non-hydrogen) atoms. The second-order valence-corrected chi connectivity index (χ2v) is 5.54. The Hall–Kier alpha value is -0.340. The van der Waals surface area contributed by atoms with Crippen molar-refractivity contribution in [2.45, 2.75) is 40.2 Å². The first-order chi connectivity index (χ1) is 7.56. The van der Waals surface area contributed by atoms with Crippen LogP contribution in [0, 0.1) is 12.8 Å². The summed E-state index contributed by atoms with van der Waals surface area (Å²) in [7, 11) is 0. The normalized spacial score (nSPS) is 13.1. The maximum atomic E-state index is 3.62. The SMILES string of the molecule is CCCNC(c1ccc(Br)c(C)c1)C(C)C. The molecule has 0 aliphatic heterocycles. The van der Waals surface area contributed by atoms with Crippen molar-refractivity contribution in [3.05, 3.63) is 33.8 Å². The molecule has 0 heterocycles. The van der Waals surface area contributed by atoms with Crippen LogP contribution >= 0.6 is 15.9 Å². The van der Waals surface area contributed by atoms with Crippen molar-refractivity contribution < 1.29 is 0 Å². The zero-order chi connectivity index (χ0) is 12.1. The van der Waals surface area contributed by atoms with E-state index in [9.17, 15) is 0 Å². The highest BCUT2D eigenvalue weighted by Gasteiger charge is 2.15. The van der Waals surface area contributed by atoms with Gasteiger partial charge in [0, 0.05) is 10.5 Å². The monoisotopic (exact) mass is 283 g/mol. The molecule has 1 aromatic carbocycles. The van der Waals surface area contributed by atoms with Crippen LogP contribution in [-0.4, -0.2) is 6.54 Å². The Morgan fingerprint density at radius 1 is 1.31 bits per heavy atom. The Balaban J connectivity index is 2.88. The minimum atomic E-state index is 0.465. The van der Waals surface area contributed by atoms with Crippen molar-refractivity contribution in [3.63, 3.8) is 0 Å². The number of aryl methyl sites for hydroxylation is 1. The summed E-state index contributed by atoms with van der Waals surface area (Å²) in [4.78, 5) is 0. The largest absolute Gasteiger partial charge is 0.310 e. The Morgan fingerprint density at radius 3 is 2.50 bits per heavy atom. The van der Waals surface area contributed by atoms with E-state index in [1.807, 2.05) is 0 Å². The van der Waals surface area contributed by atoms with Crippen molar-refractivity contribution in [2.75, 3.05) is 6.54 Å². The Morgan fingerprint density at radius 2 is 2.00 bits per heavy atom. The zero-order valence-corrected chi connectivity index (χ0v) is 12.3. The molecule has 0 aliphatic carbocycles. The summed E-state index contributed by atoms with van der Waals surface area (Å²) in [5.74, 6) is 0.618. The molecular weight excluding hydrogens is 262 g/mol. The van der Waals surface area contributed by atoms with E-state index in [1.165, 1.54) is 22.0 Å². The van der Waals surface area contributed by atoms with E-state index in [1.54, 1.807) is 0 Å². The quantitative estimate of drug-likeness (QED) is 0.842. The molecular formula is C14H22BrN. The highest BCUT2D eigenvalue weighted by molar-refractivity contribution is 9.10. The summed E-state index contributed by atoms with van der Waals surface area (Å²) in [6.07, 6.45) is 1.18. The summed E-state index contributed by atoms with van der Waals surface area (Å²) in [6.45, 7) is 9.97. The number of hydrogen-bond donors (Lipinski definition) is 1. The lowest BCUT2D eigenvalue weighted by atomic mass is 9.95. The smallest absolute Gasteiger partial charge is 0.0343 e. The van der Waals surface area contributed by atoms with Gasteiger partial charge in [-0.2, -0.15) is 0 Å². The van der Waals surface area contributed by atoms with Gasteiger partial charge in [0.1, 0.15) is 0 Å². The number of benzene rings is 1. The van der Waals surface area contributed by atoms with Crippen LogP contribution in [0.2, 0.25) is 0 Å². The third-order valence-corrected chi connectivity index (χ3v) is 3.71. The fraction of sp³-hybridized carbons (Fsp3) is 0.571. The Bertz CT molecular complexity index is 334. The van der Waals surface area contributed by atoms with Gasteiger partial charge >= 0.3 is 0 Å². The fourth-order valence-electron chi connectivity index (χ4n) is 1.90. The molecule has 0 fully saturated rings. The summed E-state index contributed by atoms with van der Waals surface area (Å²) in [5, 5.41) is 3.62. The van der Waals surface area contributed by atoms with Gasteiger partial charge in [0.05, 0.1) is 0 Å². The van der Waals surface area contributed by atoms with Crippen LogP contribution in [-0.2, 0) is 0 Å². The van der Waals surface area contributed by atoms with Gasteiger partial charge in [-0.25, -0.2) is 0 Å². The molecule has 0 radical (unpaired) electrons. The van der Waals surface area contributed by atoms with Crippen molar-refractivity contribution in [1.82, 2.24) is 5.32 Å². The molecule has 1 unspecified atom stereocenters. The minimum absolute atomic E-state index is 0.465. The van der Waals surface area contributed by atoms with Crippen LogP contribution in [0.3, 0.4) is 0 Å². The second kappa shape index (κ2) is 6.41. The molecule has 1 aromatic rings. The molecule has 0 saturated heterocycles. The summed E-state index contributed by atoms with van der Waals surface area (Å²) in [6, 6.07) is 7.10. The van der Waals surface area contributed by atoms with E-state index in [-0.39, 0.29) is 0 Å². The summed E-state index contributed by atoms with van der Waals surface area (Å²) in [5.41, 5.74) is 2.70. The number of halogens is 1. The molecule has 0 amide bonds. The van der Waals surface area contributed by atoms with E-state index in [4.69, 9.17) is 0 Å².